The lowest BCUT2D eigenvalue weighted by Gasteiger charge is -2.23. The predicted molar refractivity (Wildman–Crippen MR) is 70.6 cm³/mol. The highest BCUT2D eigenvalue weighted by molar-refractivity contribution is 5.38. The molecule has 0 heterocycles. The van der Waals surface area contributed by atoms with Gasteiger partial charge in [0.1, 0.15) is 12.4 Å². The van der Waals surface area contributed by atoms with Crippen molar-refractivity contribution in [1.82, 2.24) is 5.32 Å². The fourth-order valence-electron chi connectivity index (χ4n) is 1.49. The summed E-state index contributed by atoms with van der Waals surface area (Å²) in [4.78, 5) is 0. The number of rotatable bonds is 6. The van der Waals surface area contributed by atoms with Gasteiger partial charge in [0.15, 0.2) is 0 Å². The highest BCUT2D eigenvalue weighted by Crippen LogP contribution is 2.20. The third-order valence-electron chi connectivity index (χ3n) is 2.91. The summed E-state index contributed by atoms with van der Waals surface area (Å²) in [6, 6.07) is 6.07. The molecule has 3 nitrogen and oxygen atoms in total. The Morgan fingerprint density at radius 3 is 2.65 bits per heavy atom. The number of aryl methyl sites for hydroxylation is 1. The minimum absolute atomic E-state index is 0.122. The number of aliphatic hydroxyl groups excluding tert-OH is 1. The Labute approximate surface area is 104 Å². The van der Waals surface area contributed by atoms with E-state index in [4.69, 9.17) is 9.84 Å². The monoisotopic (exact) mass is 237 g/mol. The molecule has 0 unspecified atom stereocenters. The van der Waals surface area contributed by atoms with E-state index in [1.165, 1.54) is 11.1 Å². The first-order valence-corrected chi connectivity index (χ1v) is 6.01. The van der Waals surface area contributed by atoms with Crippen LogP contribution in [0.5, 0.6) is 5.75 Å². The summed E-state index contributed by atoms with van der Waals surface area (Å²) in [7, 11) is 0. The molecule has 1 aromatic carbocycles. The Balaban J connectivity index is 2.39. The van der Waals surface area contributed by atoms with Gasteiger partial charge in [-0.15, -0.1) is 0 Å². The van der Waals surface area contributed by atoms with Crippen LogP contribution >= 0.6 is 0 Å². The zero-order valence-corrected chi connectivity index (χ0v) is 11.2. The summed E-state index contributed by atoms with van der Waals surface area (Å²) in [5, 5.41) is 12.3. The number of benzene rings is 1. The Morgan fingerprint density at radius 2 is 2.00 bits per heavy atom. The molecule has 0 atom stereocenters. The van der Waals surface area contributed by atoms with Gasteiger partial charge in [-0.1, -0.05) is 12.1 Å². The Kier molecular flexibility index (Phi) is 4.97. The molecule has 17 heavy (non-hydrogen) atoms. The topological polar surface area (TPSA) is 41.5 Å². The summed E-state index contributed by atoms with van der Waals surface area (Å²) < 4.78 is 5.71. The third-order valence-corrected chi connectivity index (χ3v) is 2.91. The molecule has 0 aliphatic heterocycles. The van der Waals surface area contributed by atoms with Crippen LogP contribution in [-0.2, 0) is 0 Å². The van der Waals surface area contributed by atoms with Crippen molar-refractivity contribution in [3.05, 3.63) is 29.3 Å². The van der Waals surface area contributed by atoms with E-state index in [2.05, 4.69) is 25.2 Å². The maximum absolute atomic E-state index is 9.09. The largest absolute Gasteiger partial charge is 0.492 e. The fraction of sp³-hybridized carbons (Fsp3) is 0.571. The molecule has 96 valence electrons. The minimum atomic E-state index is -0.245. The molecule has 2 N–H and O–H groups in total. The maximum atomic E-state index is 9.09. The molecule has 0 aliphatic rings. The summed E-state index contributed by atoms with van der Waals surface area (Å²) in [6.45, 7) is 9.52. The van der Waals surface area contributed by atoms with Crippen molar-refractivity contribution in [1.29, 1.82) is 0 Å². The lowest BCUT2D eigenvalue weighted by Crippen LogP contribution is -2.44. The van der Waals surface area contributed by atoms with Gasteiger partial charge in [0.25, 0.3) is 0 Å². The van der Waals surface area contributed by atoms with Crippen LogP contribution in [-0.4, -0.2) is 30.4 Å². The van der Waals surface area contributed by atoms with Crippen LogP contribution in [0.1, 0.15) is 25.0 Å². The standard InChI is InChI=1S/C14H23NO2/c1-11-6-5-7-13(12(11)2)17-9-8-15-14(3,4)10-16/h5-7,15-16H,8-10H2,1-4H3. The van der Waals surface area contributed by atoms with Gasteiger partial charge in [-0.3, -0.25) is 0 Å². The van der Waals surface area contributed by atoms with E-state index in [9.17, 15) is 0 Å². The van der Waals surface area contributed by atoms with Crippen molar-refractivity contribution < 1.29 is 9.84 Å². The van der Waals surface area contributed by atoms with Crippen LogP contribution in [0.2, 0.25) is 0 Å². The number of aliphatic hydroxyl groups is 1. The second-order valence-corrected chi connectivity index (χ2v) is 5.02. The van der Waals surface area contributed by atoms with Gasteiger partial charge >= 0.3 is 0 Å². The predicted octanol–water partition coefficient (Wildman–Crippen LogP) is 2.04. The highest BCUT2D eigenvalue weighted by atomic mass is 16.5. The molecule has 0 aromatic heterocycles. The molecular formula is C14H23NO2. The Bertz CT molecular complexity index is 361. The van der Waals surface area contributed by atoms with Crippen LogP contribution < -0.4 is 10.1 Å². The molecule has 0 aliphatic carbocycles. The van der Waals surface area contributed by atoms with Crippen LogP contribution in [0.3, 0.4) is 0 Å². The van der Waals surface area contributed by atoms with E-state index in [1.54, 1.807) is 0 Å². The van der Waals surface area contributed by atoms with Gasteiger partial charge in [0.05, 0.1) is 6.61 Å². The van der Waals surface area contributed by atoms with E-state index < -0.39 is 0 Å². The maximum Gasteiger partial charge on any atom is 0.122 e. The van der Waals surface area contributed by atoms with Gasteiger partial charge in [-0.2, -0.15) is 0 Å². The van der Waals surface area contributed by atoms with Gasteiger partial charge in [0, 0.05) is 12.1 Å². The average molecular weight is 237 g/mol. The van der Waals surface area contributed by atoms with Crippen molar-refractivity contribution in [3.8, 4) is 5.75 Å². The molecule has 0 bridgehead atoms. The molecule has 0 spiro atoms. The normalized spacial score (nSPS) is 11.6. The molecular weight excluding hydrogens is 214 g/mol. The minimum Gasteiger partial charge on any atom is -0.492 e. The van der Waals surface area contributed by atoms with E-state index in [-0.39, 0.29) is 12.1 Å². The van der Waals surface area contributed by atoms with Crippen LogP contribution in [0.25, 0.3) is 0 Å². The second kappa shape index (κ2) is 6.03. The highest BCUT2D eigenvalue weighted by Gasteiger charge is 2.14. The Morgan fingerprint density at radius 1 is 1.29 bits per heavy atom. The summed E-state index contributed by atoms with van der Waals surface area (Å²) in [5.41, 5.74) is 2.19. The summed E-state index contributed by atoms with van der Waals surface area (Å²) in [6.07, 6.45) is 0. The number of hydrogen-bond acceptors (Lipinski definition) is 3. The quantitative estimate of drug-likeness (QED) is 0.744. The smallest absolute Gasteiger partial charge is 0.122 e. The lowest BCUT2D eigenvalue weighted by molar-refractivity contribution is 0.180. The molecule has 3 heteroatoms. The molecule has 0 saturated heterocycles. The van der Waals surface area contributed by atoms with Gasteiger partial charge in [-0.05, 0) is 44.9 Å². The zero-order chi connectivity index (χ0) is 12.9. The van der Waals surface area contributed by atoms with Crippen LogP contribution in [0.15, 0.2) is 18.2 Å². The van der Waals surface area contributed by atoms with Crippen molar-refractivity contribution in [2.75, 3.05) is 19.8 Å². The van der Waals surface area contributed by atoms with E-state index in [0.29, 0.717) is 6.61 Å². The molecule has 0 amide bonds. The lowest BCUT2D eigenvalue weighted by atomic mass is 10.1. The first-order valence-electron chi connectivity index (χ1n) is 6.01. The van der Waals surface area contributed by atoms with Gasteiger partial charge in [0.2, 0.25) is 0 Å². The van der Waals surface area contributed by atoms with E-state index in [1.807, 2.05) is 26.0 Å². The number of ether oxygens (including phenoxy) is 1. The molecule has 0 fully saturated rings. The van der Waals surface area contributed by atoms with E-state index in [0.717, 1.165) is 12.3 Å². The average Bonchev–Trinajstić information content (AvgIpc) is 2.30. The van der Waals surface area contributed by atoms with Crippen molar-refractivity contribution in [2.45, 2.75) is 33.2 Å². The Hall–Kier alpha value is -1.06. The van der Waals surface area contributed by atoms with E-state index >= 15 is 0 Å². The van der Waals surface area contributed by atoms with Crippen LogP contribution in [0, 0.1) is 13.8 Å². The van der Waals surface area contributed by atoms with Crippen LogP contribution in [0.4, 0.5) is 0 Å². The van der Waals surface area contributed by atoms with Gasteiger partial charge in [-0.25, -0.2) is 0 Å². The molecule has 1 aromatic rings. The summed E-state index contributed by atoms with van der Waals surface area (Å²) in [5.74, 6) is 0.939. The van der Waals surface area contributed by atoms with Gasteiger partial charge < -0.3 is 15.2 Å². The third kappa shape index (κ3) is 4.36. The van der Waals surface area contributed by atoms with Crippen molar-refractivity contribution >= 4 is 0 Å². The second-order valence-electron chi connectivity index (χ2n) is 5.02. The number of nitrogens with one attached hydrogen (secondary N) is 1. The number of hydrogen-bond donors (Lipinski definition) is 2. The molecule has 1 rings (SSSR count). The summed E-state index contributed by atoms with van der Waals surface area (Å²) >= 11 is 0. The van der Waals surface area contributed by atoms with Crippen molar-refractivity contribution in [2.24, 2.45) is 0 Å². The first-order chi connectivity index (χ1) is 7.96. The fourth-order valence-corrected chi connectivity index (χ4v) is 1.49. The first kappa shape index (κ1) is 14.0. The molecule has 0 radical (unpaired) electrons. The molecule has 0 saturated carbocycles. The van der Waals surface area contributed by atoms with Crippen molar-refractivity contribution in [3.63, 3.8) is 0 Å². The SMILES string of the molecule is Cc1cccc(OCCNC(C)(C)CO)c1C. The zero-order valence-electron chi connectivity index (χ0n) is 11.2.